The number of ether oxygens (including phenoxy) is 1. The number of benzene rings is 3. The number of nitrogens with zero attached hydrogens (tertiary/aromatic N) is 3. The van der Waals surface area contributed by atoms with E-state index in [9.17, 15) is 39.6 Å². The quantitative estimate of drug-likeness (QED) is 0.145. The number of carbonyl (C=O) groups is 1. The fourth-order valence-corrected chi connectivity index (χ4v) is 5.83. The fourth-order valence-electron chi connectivity index (χ4n) is 5.15. The van der Waals surface area contributed by atoms with Crippen LogP contribution in [0.3, 0.4) is 0 Å². The summed E-state index contributed by atoms with van der Waals surface area (Å²) in [6, 6.07) is 20.5. The molecule has 4 aromatic rings. The van der Waals surface area contributed by atoms with Crippen LogP contribution in [0.1, 0.15) is 35.0 Å². The number of hydrogen-bond donors (Lipinski definition) is 1. The molecule has 262 valence electrons. The summed E-state index contributed by atoms with van der Waals surface area (Å²) >= 11 is 6.17. The van der Waals surface area contributed by atoms with Gasteiger partial charge in [-0.2, -0.15) is 21.6 Å². The Bertz CT molecular complexity index is 1860. The first kappa shape index (κ1) is 37.6. The van der Waals surface area contributed by atoms with Crippen molar-refractivity contribution in [3.63, 3.8) is 0 Å². The summed E-state index contributed by atoms with van der Waals surface area (Å²) in [4.78, 5) is 20.4. The van der Waals surface area contributed by atoms with Gasteiger partial charge in [-0.05, 0) is 86.6 Å². The lowest BCUT2D eigenvalue weighted by molar-refractivity contribution is -0.274. The van der Waals surface area contributed by atoms with E-state index in [2.05, 4.69) is 9.72 Å². The lowest BCUT2D eigenvalue weighted by atomic mass is 10.0. The lowest BCUT2D eigenvalue weighted by Gasteiger charge is -2.26. The monoisotopic (exact) mass is 729 g/mol. The molecule has 1 aliphatic heterocycles. The van der Waals surface area contributed by atoms with Gasteiger partial charge in [0.25, 0.3) is 10.1 Å². The third kappa shape index (κ3) is 10.4. The highest BCUT2D eigenvalue weighted by Crippen LogP contribution is 2.40. The third-order valence-corrected chi connectivity index (χ3v) is 8.63. The van der Waals surface area contributed by atoms with Crippen LogP contribution in [0.2, 0.25) is 5.02 Å². The first-order valence-electron chi connectivity index (χ1n) is 14.5. The van der Waals surface area contributed by atoms with E-state index < -0.39 is 46.2 Å². The van der Waals surface area contributed by atoms with Crippen molar-refractivity contribution in [2.45, 2.75) is 49.3 Å². The zero-order valence-corrected chi connectivity index (χ0v) is 27.5. The second kappa shape index (κ2) is 15.2. The molecule has 0 radical (unpaired) electrons. The van der Waals surface area contributed by atoms with Crippen LogP contribution in [-0.4, -0.2) is 54.8 Å². The Labute approximate surface area is 283 Å². The van der Waals surface area contributed by atoms with Crippen LogP contribution in [0.25, 0.3) is 0 Å². The maximum Gasteiger partial charge on any atom is 0.573 e. The van der Waals surface area contributed by atoms with E-state index in [0.717, 1.165) is 29.3 Å². The maximum atomic E-state index is 13.6. The molecule has 3 aromatic carbocycles. The highest BCUT2D eigenvalue weighted by Gasteiger charge is 2.43. The molecule has 0 unspecified atom stereocenters. The fraction of sp³-hybridized carbons (Fsp3) is 0.273. The number of likely N-dealkylation sites (N-methyl/N-ethyl adjacent to an activating group) is 1. The summed E-state index contributed by atoms with van der Waals surface area (Å²) in [5.74, 6) is -0.728. The van der Waals surface area contributed by atoms with Crippen LogP contribution in [0, 0.1) is 6.92 Å². The summed E-state index contributed by atoms with van der Waals surface area (Å²) in [6.45, 7) is 2.09. The minimum Gasteiger partial charge on any atom is -0.406 e. The minimum atomic E-state index is -4.85. The molecule has 2 heterocycles. The molecule has 1 fully saturated rings. The normalized spacial score (nSPS) is 16.8. The summed E-state index contributed by atoms with van der Waals surface area (Å²) in [5.41, 5.74) is 1.31. The Morgan fingerprint density at radius 2 is 1.59 bits per heavy atom. The zero-order chi connectivity index (χ0) is 36.1. The number of halogens is 7. The number of amides is 1. The van der Waals surface area contributed by atoms with Gasteiger partial charge >= 0.3 is 12.5 Å². The molecule has 0 spiro atoms. The second-order valence-corrected chi connectivity index (χ2v) is 13.0. The first-order chi connectivity index (χ1) is 22.8. The molecule has 1 aromatic heterocycles. The molecule has 5 rings (SSSR count). The number of anilines is 1. The molecule has 1 N–H and O–H groups in total. The van der Waals surface area contributed by atoms with E-state index in [1.54, 1.807) is 48.3 Å². The van der Waals surface area contributed by atoms with Gasteiger partial charge in [0.15, 0.2) is 0 Å². The van der Waals surface area contributed by atoms with Crippen LogP contribution >= 0.6 is 11.6 Å². The van der Waals surface area contributed by atoms with Gasteiger partial charge in [-0.1, -0.05) is 47.5 Å². The number of carbonyl (C=O) groups excluding carboxylic acids is 1. The summed E-state index contributed by atoms with van der Waals surface area (Å²) < 4.78 is 110. The Morgan fingerprint density at radius 1 is 0.959 bits per heavy atom. The third-order valence-electron chi connectivity index (χ3n) is 7.53. The Balaban J connectivity index is 0.000000418. The number of hydrogen-bond acceptors (Lipinski definition) is 6. The number of alkyl halides is 6. The largest absolute Gasteiger partial charge is 0.573 e. The number of aryl methyl sites for hydroxylation is 1. The molecule has 0 bridgehead atoms. The van der Waals surface area contributed by atoms with Gasteiger partial charge in [-0.3, -0.25) is 14.2 Å². The summed E-state index contributed by atoms with van der Waals surface area (Å²) in [6.07, 6.45) is -8.91. The standard InChI is InChI=1S/C26H22ClF6N3O2.C7H8O3S/c1-35(13-12-18-6-3-7-23(34-18)25(28,29)30)22-15-21(16-4-2-5-17(27)14-16)36(24(22)37)19-8-10-20(11-9-19)38-26(31,32)33;1-6-2-4-7(5-3-6)11(8,9)10/h2-11,14,21-22H,12-13,15H2,1H3;2-5H,1H3,(H,8,9,10)/t21-,22-;/m1./s1. The number of pyridine rings is 1. The number of rotatable bonds is 8. The van der Waals surface area contributed by atoms with Crippen LogP contribution in [0.5, 0.6) is 5.75 Å². The average molecular weight is 730 g/mol. The van der Waals surface area contributed by atoms with Crippen LogP contribution in [-0.2, 0) is 27.5 Å². The van der Waals surface area contributed by atoms with Crippen molar-refractivity contribution in [3.05, 3.63) is 119 Å². The van der Waals surface area contributed by atoms with Gasteiger partial charge in [-0.25, -0.2) is 4.98 Å². The number of aromatic nitrogens is 1. The Kier molecular flexibility index (Phi) is 11.6. The molecular formula is C33H30ClF6N3O5S. The van der Waals surface area contributed by atoms with Gasteiger partial charge in [0.2, 0.25) is 5.91 Å². The van der Waals surface area contributed by atoms with Gasteiger partial charge in [0, 0.05) is 29.4 Å². The van der Waals surface area contributed by atoms with Crippen molar-refractivity contribution in [2.75, 3.05) is 18.5 Å². The van der Waals surface area contributed by atoms with E-state index in [4.69, 9.17) is 16.2 Å². The predicted molar refractivity (Wildman–Crippen MR) is 170 cm³/mol. The van der Waals surface area contributed by atoms with Gasteiger partial charge < -0.3 is 9.64 Å². The summed E-state index contributed by atoms with van der Waals surface area (Å²) in [5, 5.41) is 0.455. The molecule has 0 aliphatic carbocycles. The molecule has 49 heavy (non-hydrogen) atoms. The zero-order valence-electron chi connectivity index (χ0n) is 25.9. The van der Waals surface area contributed by atoms with Crippen molar-refractivity contribution in [3.8, 4) is 5.75 Å². The van der Waals surface area contributed by atoms with E-state index >= 15 is 0 Å². The van der Waals surface area contributed by atoms with Crippen molar-refractivity contribution < 1.29 is 48.8 Å². The van der Waals surface area contributed by atoms with Crippen LogP contribution < -0.4 is 9.64 Å². The SMILES string of the molecule is CN(CCc1cccc(C(F)(F)F)n1)[C@@H]1C[C@H](c2cccc(Cl)c2)N(c2ccc(OC(F)(F)F)cc2)C1=O.Cc1ccc(S(=O)(=O)O)cc1. The summed E-state index contributed by atoms with van der Waals surface area (Å²) in [7, 11) is -2.33. The Hall–Kier alpha value is -4.18. The van der Waals surface area contributed by atoms with Crippen molar-refractivity contribution in [1.29, 1.82) is 0 Å². The van der Waals surface area contributed by atoms with Crippen molar-refractivity contribution >= 4 is 33.3 Å². The minimum absolute atomic E-state index is 0.0666. The van der Waals surface area contributed by atoms with Crippen molar-refractivity contribution in [1.82, 2.24) is 9.88 Å². The lowest BCUT2D eigenvalue weighted by Crippen LogP contribution is -2.40. The topological polar surface area (TPSA) is 100 Å². The maximum absolute atomic E-state index is 13.6. The molecule has 1 saturated heterocycles. The van der Waals surface area contributed by atoms with E-state index in [-0.39, 0.29) is 29.5 Å². The molecule has 1 amide bonds. The highest BCUT2D eigenvalue weighted by molar-refractivity contribution is 7.85. The smallest absolute Gasteiger partial charge is 0.406 e. The van der Waals surface area contributed by atoms with E-state index in [1.807, 2.05) is 6.92 Å². The predicted octanol–water partition coefficient (Wildman–Crippen LogP) is 7.92. The van der Waals surface area contributed by atoms with Gasteiger partial charge in [0.1, 0.15) is 11.4 Å². The molecule has 8 nitrogen and oxygen atoms in total. The second-order valence-electron chi connectivity index (χ2n) is 11.1. The molecule has 2 atom stereocenters. The first-order valence-corrected chi connectivity index (χ1v) is 16.4. The molecule has 0 saturated carbocycles. The highest BCUT2D eigenvalue weighted by atomic mass is 35.5. The Morgan fingerprint density at radius 3 is 2.16 bits per heavy atom. The molecular weight excluding hydrogens is 700 g/mol. The van der Waals surface area contributed by atoms with Crippen LogP contribution in [0.4, 0.5) is 32.0 Å². The molecule has 1 aliphatic rings. The van der Waals surface area contributed by atoms with Gasteiger partial charge in [-0.15, -0.1) is 13.2 Å². The van der Waals surface area contributed by atoms with E-state index in [0.29, 0.717) is 17.1 Å². The van der Waals surface area contributed by atoms with Crippen molar-refractivity contribution in [2.24, 2.45) is 0 Å². The molecule has 16 heteroatoms. The van der Waals surface area contributed by atoms with E-state index in [1.165, 1.54) is 41.3 Å². The van der Waals surface area contributed by atoms with Gasteiger partial charge in [0.05, 0.1) is 17.0 Å². The van der Waals surface area contributed by atoms with Crippen LogP contribution in [0.15, 0.2) is 95.9 Å². The average Bonchev–Trinajstić information content (AvgIpc) is 3.36.